The van der Waals surface area contributed by atoms with Gasteiger partial charge in [0.15, 0.2) is 18.9 Å². The highest BCUT2D eigenvalue weighted by atomic mass is 16.8. The highest BCUT2D eigenvalue weighted by Crippen LogP contribution is 2.33. The lowest BCUT2D eigenvalue weighted by atomic mass is 9.96. The van der Waals surface area contributed by atoms with E-state index in [9.17, 15) is 61.0 Å². The van der Waals surface area contributed by atoms with E-state index in [1.165, 1.54) is 263 Å². The van der Waals surface area contributed by atoms with E-state index in [2.05, 4.69) is 31.3 Å². The van der Waals surface area contributed by atoms with Crippen LogP contribution in [0.4, 0.5) is 0 Å². The maximum Gasteiger partial charge on any atom is 0.220 e. The number of allylic oxidation sites excluding steroid dienone is 3. The van der Waals surface area contributed by atoms with Crippen LogP contribution in [0.2, 0.25) is 0 Å². The van der Waals surface area contributed by atoms with Gasteiger partial charge >= 0.3 is 0 Å². The molecule has 3 aliphatic heterocycles. The monoisotopic (exact) mass is 1390 g/mol. The Balaban J connectivity index is 1.39. The molecule has 19 nitrogen and oxygen atoms in total. The van der Waals surface area contributed by atoms with Gasteiger partial charge in [-0.15, -0.1) is 0 Å². The average Bonchev–Trinajstić information content (AvgIpc) is 0.797. The number of ether oxygens (including phenoxy) is 6. The Morgan fingerprint density at radius 2 is 0.649 bits per heavy atom. The quantitative estimate of drug-likeness (QED) is 0.0199. The van der Waals surface area contributed by atoms with E-state index in [0.717, 1.165) is 44.9 Å². The Labute approximate surface area is 588 Å². The van der Waals surface area contributed by atoms with Crippen molar-refractivity contribution in [2.75, 3.05) is 26.4 Å². The van der Waals surface area contributed by atoms with Gasteiger partial charge in [-0.3, -0.25) is 4.79 Å². The first-order chi connectivity index (χ1) is 47.3. The third-order valence-electron chi connectivity index (χ3n) is 20.2. The van der Waals surface area contributed by atoms with Gasteiger partial charge in [0.2, 0.25) is 5.91 Å². The molecule has 0 bridgehead atoms. The van der Waals surface area contributed by atoms with E-state index in [1.54, 1.807) is 6.08 Å². The molecule has 0 aromatic heterocycles. The summed E-state index contributed by atoms with van der Waals surface area (Å²) in [5.74, 6) is -0.270. The summed E-state index contributed by atoms with van der Waals surface area (Å²) >= 11 is 0. The minimum Gasteiger partial charge on any atom is -0.394 e. The van der Waals surface area contributed by atoms with Crippen molar-refractivity contribution in [2.45, 2.75) is 439 Å². The smallest absolute Gasteiger partial charge is 0.220 e. The Morgan fingerprint density at radius 3 is 1.00 bits per heavy atom. The number of rotatable bonds is 64. The molecule has 0 aliphatic carbocycles. The number of hydrogen-bond donors (Lipinski definition) is 12. The summed E-state index contributed by atoms with van der Waals surface area (Å²) in [6.07, 6.45) is 44.5. The zero-order valence-corrected chi connectivity index (χ0v) is 61.1. The molecule has 19 heteroatoms. The number of carbonyl (C=O) groups is 1. The maximum absolute atomic E-state index is 13.5. The molecule has 3 rings (SSSR count). The van der Waals surface area contributed by atoms with E-state index in [0.29, 0.717) is 6.42 Å². The molecule has 3 heterocycles. The molecule has 3 saturated heterocycles. The fraction of sp³-hybridized carbons (Fsp3) is 0.936. The summed E-state index contributed by atoms with van der Waals surface area (Å²) in [5, 5.41) is 121. The van der Waals surface area contributed by atoms with Crippen LogP contribution in [0, 0.1) is 0 Å². The van der Waals surface area contributed by atoms with Crippen molar-refractivity contribution in [2.24, 2.45) is 0 Å². The molecule has 0 saturated carbocycles. The van der Waals surface area contributed by atoms with Gasteiger partial charge in [0.05, 0.1) is 38.6 Å². The number of aliphatic hydroxyl groups is 11. The Hall–Kier alpha value is -1.73. The molecular weight excluding hydrogens is 1240 g/mol. The predicted octanol–water partition coefficient (Wildman–Crippen LogP) is 13.0. The zero-order chi connectivity index (χ0) is 70.4. The molecule has 572 valence electrons. The zero-order valence-electron chi connectivity index (χ0n) is 61.1. The van der Waals surface area contributed by atoms with E-state index < -0.39 is 124 Å². The summed E-state index contributed by atoms with van der Waals surface area (Å²) in [4.78, 5) is 13.5. The van der Waals surface area contributed by atoms with Crippen LogP contribution in [0.1, 0.15) is 335 Å². The van der Waals surface area contributed by atoms with Gasteiger partial charge in [0, 0.05) is 6.42 Å². The standard InChI is InChI=1S/C78H147NO18/c1-3-5-7-9-11-13-15-17-19-21-23-25-27-29-30-32-33-35-37-39-41-43-45-47-49-51-53-55-62(83)61(79-66(84)56-54-52-50-48-46-44-42-40-38-36-34-31-28-26-24-22-20-18-16-14-12-10-8-6-4-2)60-92-76-72(90)69(87)74(64(58-81)94-76)97-78-73(91)70(88)75(65(59-82)95-78)96-77-71(89)68(86)67(85)63(57-80)93-77/h22,24,53,55,61-65,67-78,80-83,85-91H,3-21,23,25-52,54,56-60H2,1-2H3,(H,79,84)/b24-22-,55-53+. The minimum atomic E-state index is -1.98. The summed E-state index contributed by atoms with van der Waals surface area (Å²) in [5.41, 5.74) is 0. The van der Waals surface area contributed by atoms with Crippen molar-refractivity contribution < 1.29 is 89.4 Å². The molecule has 17 unspecified atom stereocenters. The van der Waals surface area contributed by atoms with E-state index in [-0.39, 0.29) is 18.9 Å². The van der Waals surface area contributed by atoms with E-state index in [4.69, 9.17) is 28.4 Å². The molecule has 0 radical (unpaired) electrons. The number of carbonyl (C=O) groups excluding carboxylic acids is 1. The van der Waals surface area contributed by atoms with Gasteiger partial charge in [-0.25, -0.2) is 0 Å². The lowest BCUT2D eigenvalue weighted by molar-refractivity contribution is -0.379. The second-order valence-corrected chi connectivity index (χ2v) is 28.9. The third kappa shape index (κ3) is 40.2. The van der Waals surface area contributed by atoms with Crippen LogP contribution in [-0.2, 0) is 33.2 Å². The summed E-state index contributed by atoms with van der Waals surface area (Å²) in [7, 11) is 0. The number of unbranched alkanes of at least 4 members (excludes halogenated alkanes) is 46. The van der Waals surface area contributed by atoms with Crippen LogP contribution in [-0.4, -0.2) is 193 Å². The number of hydrogen-bond acceptors (Lipinski definition) is 18. The van der Waals surface area contributed by atoms with Gasteiger partial charge in [0.1, 0.15) is 73.2 Å². The van der Waals surface area contributed by atoms with Crippen molar-refractivity contribution >= 4 is 5.91 Å². The molecule has 3 fully saturated rings. The van der Waals surface area contributed by atoms with Gasteiger partial charge in [-0.1, -0.05) is 308 Å². The maximum atomic E-state index is 13.5. The lowest BCUT2D eigenvalue weighted by Crippen LogP contribution is -2.66. The first-order valence-electron chi connectivity index (χ1n) is 40.1. The van der Waals surface area contributed by atoms with Gasteiger partial charge in [0.25, 0.3) is 0 Å². The Kier molecular flexibility index (Phi) is 55.0. The van der Waals surface area contributed by atoms with Crippen molar-refractivity contribution in [3.8, 4) is 0 Å². The topological polar surface area (TPSA) is 307 Å². The van der Waals surface area contributed by atoms with Crippen LogP contribution >= 0.6 is 0 Å². The number of aliphatic hydroxyl groups excluding tert-OH is 11. The van der Waals surface area contributed by atoms with Gasteiger partial charge in [-0.2, -0.15) is 0 Å². The van der Waals surface area contributed by atoms with E-state index >= 15 is 0 Å². The van der Waals surface area contributed by atoms with Crippen LogP contribution in [0.5, 0.6) is 0 Å². The van der Waals surface area contributed by atoms with E-state index in [1.807, 2.05) is 6.08 Å². The van der Waals surface area contributed by atoms with Crippen LogP contribution in [0.3, 0.4) is 0 Å². The highest BCUT2D eigenvalue weighted by molar-refractivity contribution is 5.76. The number of amides is 1. The second-order valence-electron chi connectivity index (χ2n) is 28.9. The fourth-order valence-electron chi connectivity index (χ4n) is 13.8. The van der Waals surface area contributed by atoms with Crippen molar-refractivity contribution in [1.29, 1.82) is 0 Å². The average molecular weight is 1390 g/mol. The molecule has 12 N–H and O–H groups in total. The highest BCUT2D eigenvalue weighted by Gasteiger charge is 2.54. The first-order valence-corrected chi connectivity index (χ1v) is 40.1. The van der Waals surface area contributed by atoms with Crippen molar-refractivity contribution in [1.82, 2.24) is 5.32 Å². The van der Waals surface area contributed by atoms with Gasteiger partial charge in [-0.05, 0) is 44.9 Å². The number of nitrogens with one attached hydrogen (secondary N) is 1. The van der Waals surface area contributed by atoms with Crippen LogP contribution in [0.15, 0.2) is 24.3 Å². The van der Waals surface area contributed by atoms with Gasteiger partial charge < -0.3 is 89.9 Å². The molecule has 97 heavy (non-hydrogen) atoms. The molecular formula is C78H147NO18. The summed E-state index contributed by atoms with van der Waals surface area (Å²) in [6, 6.07) is -0.973. The largest absolute Gasteiger partial charge is 0.394 e. The second kappa shape index (κ2) is 59.6. The molecule has 3 aliphatic rings. The Morgan fingerprint density at radius 1 is 0.361 bits per heavy atom. The predicted molar refractivity (Wildman–Crippen MR) is 383 cm³/mol. The Bertz CT molecular complexity index is 1850. The first kappa shape index (κ1) is 89.5. The summed E-state index contributed by atoms with van der Waals surface area (Å²) < 4.78 is 34.5. The molecule has 1 amide bonds. The summed E-state index contributed by atoms with van der Waals surface area (Å²) in [6.45, 7) is 1.79. The van der Waals surface area contributed by atoms with Crippen LogP contribution in [0.25, 0.3) is 0 Å². The van der Waals surface area contributed by atoms with Crippen LogP contribution < -0.4 is 5.32 Å². The molecule has 0 aromatic rings. The molecule has 0 aromatic carbocycles. The molecule has 17 atom stereocenters. The lowest BCUT2D eigenvalue weighted by Gasteiger charge is -2.48. The fourth-order valence-corrected chi connectivity index (χ4v) is 13.8. The molecule has 0 spiro atoms. The SMILES string of the molecule is CCCCCCCCCC/C=C\CCCCCCCCCCCCCCCC(=O)NC(COC1OC(CO)C(OC2OC(CO)C(OC3OC(CO)C(O)C(O)C3O)C(O)C2O)C(O)C1O)C(O)/C=C/CCCCCCCCCCCCCCCCCCCCCCCCCCC. The normalized spacial score (nSPS) is 27.0. The van der Waals surface area contributed by atoms with Crippen molar-refractivity contribution in [3.63, 3.8) is 0 Å². The minimum absolute atomic E-state index is 0.247. The van der Waals surface area contributed by atoms with Crippen molar-refractivity contribution in [3.05, 3.63) is 24.3 Å². The third-order valence-corrected chi connectivity index (χ3v) is 20.2.